The van der Waals surface area contributed by atoms with Crippen LogP contribution in [-0.2, 0) is 52.7 Å². The molecule has 23 N–H and O–H groups in total. The van der Waals surface area contributed by atoms with Crippen LogP contribution in [0.4, 0.5) is 0 Å². The van der Waals surface area contributed by atoms with E-state index < -0.39 is 152 Å². The number of aliphatic hydroxyl groups is 2. The summed E-state index contributed by atoms with van der Waals surface area (Å²) in [6.07, 6.45) is 0.281. The van der Waals surface area contributed by atoms with Crippen LogP contribution >= 0.6 is 12.4 Å². The van der Waals surface area contributed by atoms with Gasteiger partial charge >= 0.3 is 0 Å². The van der Waals surface area contributed by atoms with Crippen LogP contribution in [0.25, 0.3) is 0 Å². The molecule has 30 heteroatoms. The van der Waals surface area contributed by atoms with Gasteiger partial charge < -0.3 is 97.4 Å². The molecule has 1 rings (SSSR count). The first-order valence-corrected chi connectivity index (χ1v) is 24.8. The third-order valence-electron chi connectivity index (χ3n) is 11.3. The molecule has 0 aromatic heterocycles. The van der Waals surface area contributed by atoms with Gasteiger partial charge in [-0.1, -0.05) is 32.6 Å². The summed E-state index contributed by atoms with van der Waals surface area (Å²) in [7, 11) is 0. The Kier molecular flexibility index (Phi) is 34.9. The summed E-state index contributed by atoms with van der Waals surface area (Å²) >= 11 is 0. The standard InChI is InChI=1S/C44H82N16O13.ClH/c1-4-5-6-7-8-9-32(63)53-28(12-18-47)41(70)60-36(25(3)62)44(73)58-29(13-19-48)39(68)57-31-15-21-50-43(72)35(24(2)61)59-42(71)30(14-20-49)56-38(67)27(11-17-46)54-34(65)23-51-33(64)22-52-37(66)26(10-16-45)55-40(31)69;/h24-31,35-36,61-62H,4-23,45-49H2,1-3H3,(H,50,72)(H,51,64)(H,52,66)(H,53,63)(H,54,65)(H,55,69)(H,56,67)(H,57,68)(H,58,73)(H,59,71)(H,60,70);1H/t24-,25-,26+,27+,28+,29+,30+,31+,35+,36+;/m1./s1. The minimum Gasteiger partial charge on any atom is -0.391 e. The zero-order valence-corrected chi connectivity index (χ0v) is 43.4. The van der Waals surface area contributed by atoms with Crippen LogP contribution in [-0.4, -0.2) is 188 Å². The fourth-order valence-electron chi connectivity index (χ4n) is 7.23. The van der Waals surface area contributed by atoms with E-state index in [-0.39, 0.29) is 83.7 Å². The molecule has 0 saturated carbocycles. The fourth-order valence-corrected chi connectivity index (χ4v) is 7.23. The fraction of sp³-hybridized carbons (Fsp3) is 0.750. The summed E-state index contributed by atoms with van der Waals surface area (Å²) in [4.78, 5) is 147. The maximum atomic E-state index is 14.0. The topological polar surface area (TPSA) is 491 Å². The van der Waals surface area contributed by atoms with Crippen molar-refractivity contribution in [1.82, 2.24) is 58.5 Å². The molecule has 1 heterocycles. The second-order valence-corrected chi connectivity index (χ2v) is 17.6. The predicted octanol–water partition coefficient (Wildman–Crippen LogP) is -8.09. The molecule has 0 unspecified atom stereocenters. The molecular weight excluding hydrogens is 996 g/mol. The van der Waals surface area contributed by atoms with E-state index in [1.54, 1.807) is 0 Å². The van der Waals surface area contributed by atoms with Crippen LogP contribution in [0.3, 0.4) is 0 Å². The molecule has 0 radical (unpaired) electrons. The van der Waals surface area contributed by atoms with Crippen molar-refractivity contribution in [2.24, 2.45) is 28.7 Å². The van der Waals surface area contributed by atoms with Gasteiger partial charge in [0.1, 0.15) is 48.3 Å². The first-order valence-electron chi connectivity index (χ1n) is 24.8. The Morgan fingerprint density at radius 1 is 0.581 bits per heavy atom. The maximum absolute atomic E-state index is 14.0. The van der Waals surface area contributed by atoms with Crippen LogP contribution < -0.4 is 87.2 Å². The average Bonchev–Trinajstić information content (AvgIpc) is 3.33. The van der Waals surface area contributed by atoms with Gasteiger partial charge in [-0.2, -0.15) is 0 Å². The Morgan fingerprint density at radius 3 is 1.66 bits per heavy atom. The lowest BCUT2D eigenvalue weighted by molar-refractivity contribution is -0.136. The largest absolute Gasteiger partial charge is 0.391 e. The zero-order valence-electron chi connectivity index (χ0n) is 42.6. The van der Waals surface area contributed by atoms with Gasteiger partial charge in [0.05, 0.1) is 25.3 Å². The molecule has 10 atom stereocenters. The number of aliphatic hydroxyl groups excluding tert-OH is 2. The Hall–Kier alpha value is -5.82. The van der Waals surface area contributed by atoms with Crippen molar-refractivity contribution in [2.75, 3.05) is 52.4 Å². The molecule has 11 amide bonds. The number of carbonyl (C=O) groups is 11. The van der Waals surface area contributed by atoms with Crippen LogP contribution in [0.15, 0.2) is 0 Å². The number of rotatable bonds is 25. The van der Waals surface area contributed by atoms with Gasteiger partial charge in [0.2, 0.25) is 65.0 Å². The van der Waals surface area contributed by atoms with E-state index in [0.29, 0.717) is 6.42 Å². The van der Waals surface area contributed by atoms with E-state index in [9.17, 15) is 63.0 Å². The lowest BCUT2D eigenvalue weighted by Crippen LogP contribution is -2.61. The summed E-state index contributed by atoms with van der Waals surface area (Å²) in [5.74, 6) is -9.77. The number of halogens is 1. The minimum absolute atomic E-state index is 0. The number of amides is 11. The highest BCUT2D eigenvalue weighted by Crippen LogP contribution is 2.08. The second-order valence-electron chi connectivity index (χ2n) is 17.6. The highest BCUT2D eigenvalue weighted by molar-refractivity contribution is 5.98. The van der Waals surface area contributed by atoms with E-state index in [2.05, 4.69) is 65.4 Å². The number of carbonyl (C=O) groups excluding carboxylic acids is 11. The van der Waals surface area contributed by atoms with Gasteiger partial charge in [0.15, 0.2) is 0 Å². The Morgan fingerprint density at radius 2 is 1.11 bits per heavy atom. The third kappa shape index (κ3) is 25.9. The molecule has 1 saturated heterocycles. The number of nitrogens with two attached hydrogens (primary N) is 5. The number of nitrogens with one attached hydrogen (secondary N) is 11. The third-order valence-corrected chi connectivity index (χ3v) is 11.3. The van der Waals surface area contributed by atoms with E-state index >= 15 is 0 Å². The molecule has 0 spiro atoms. The van der Waals surface area contributed by atoms with E-state index in [0.717, 1.165) is 25.7 Å². The Labute approximate surface area is 437 Å². The minimum atomic E-state index is -1.68. The monoisotopic (exact) mass is 1080 g/mol. The quantitative estimate of drug-likeness (QED) is 0.0378. The molecule has 1 fully saturated rings. The van der Waals surface area contributed by atoms with Crippen LogP contribution in [0.5, 0.6) is 0 Å². The zero-order chi connectivity index (χ0) is 55.0. The van der Waals surface area contributed by atoms with Crippen molar-refractivity contribution in [2.45, 2.75) is 158 Å². The Balaban J connectivity index is 0.0000533. The SMILES string of the molecule is CCCCCCCC(=O)N[C@@H](CCN)C(=O)N[C@H](C(=O)N[C@@H](CCN)C(=O)N[C@H]1CCNC(=O)[C@H]([C@@H](C)O)NC(=O)[C@H](CCN)NC(=O)[C@H](CCN)NC(=O)CNC(=O)CNC(=O)[C@H](CCN)NC1=O)[C@@H](C)O.Cl. The molecule has 1 aliphatic heterocycles. The van der Waals surface area contributed by atoms with Crippen molar-refractivity contribution in [3.8, 4) is 0 Å². The first kappa shape index (κ1) is 68.2. The van der Waals surface area contributed by atoms with Gasteiger partial charge in [-0.15, -0.1) is 12.4 Å². The molecule has 0 bridgehead atoms. The van der Waals surface area contributed by atoms with Gasteiger partial charge in [0, 0.05) is 13.0 Å². The van der Waals surface area contributed by atoms with Crippen molar-refractivity contribution in [1.29, 1.82) is 0 Å². The van der Waals surface area contributed by atoms with E-state index in [1.807, 2.05) is 0 Å². The lowest BCUT2D eigenvalue weighted by Gasteiger charge is -2.28. The number of hydrogen-bond acceptors (Lipinski definition) is 18. The first-order chi connectivity index (χ1) is 34.7. The lowest BCUT2D eigenvalue weighted by atomic mass is 10.1. The van der Waals surface area contributed by atoms with Gasteiger partial charge in [-0.25, -0.2) is 0 Å². The average molecular weight is 1080 g/mol. The van der Waals surface area contributed by atoms with Crippen molar-refractivity contribution in [3.63, 3.8) is 0 Å². The van der Waals surface area contributed by atoms with Crippen LogP contribution in [0, 0.1) is 0 Å². The molecule has 424 valence electrons. The summed E-state index contributed by atoms with van der Waals surface area (Å²) in [5, 5.41) is 47.8. The van der Waals surface area contributed by atoms with Crippen molar-refractivity contribution in [3.05, 3.63) is 0 Å². The number of unbranched alkanes of at least 4 members (excludes halogenated alkanes) is 4. The van der Waals surface area contributed by atoms with Crippen molar-refractivity contribution < 1.29 is 63.0 Å². The molecule has 0 aromatic rings. The van der Waals surface area contributed by atoms with Crippen molar-refractivity contribution >= 4 is 77.4 Å². The van der Waals surface area contributed by atoms with Gasteiger partial charge in [-0.3, -0.25) is 52.7 Å². The molecule has 29 nitrogen and oxygen atoms in total. The number of hydrogen-bond donors (Lipinski definition) is 18. The molecule has 74 heavy (non-hydrogen) atoms. The highest BCUT2D eigenvalue weighted by atomic mass is 35.5. The summed E-state index contributed by atoms with van der Waals surface area (Å²) in [6.45, 7) is 2.01. The molecule has 1 aliphatic rings. The van der Waals surface area contributed by atoms with E-state index in [4.69, 9.17) is 28.7 Å². The second kappa shape index (κ2) is 37.8. The summed E-state index contributed by atoms with van der Waals surface area (Å²) in [6, 6.07) is -11.8. The summed E-state index contributed by atoms with van der Waals surface area (Å²) in [5.41, 5.74) is 28.6. The normalized spacial score (nSPS) is 21.9. The smallest absolute Gasteiger partial charge is 0.245 e. The van der Waals surface area contributed by atoms with Crippen LogP contribution in [0.2, 0.25) is 0 Å². The van der Waals surface area contributed by atoms with Gasteiger partial charge in [-0.05, 0) is 91.5 Å². The predicted molar refractivity (Wildman–Crippen MR) is 271 cm³/mol. The maximum Gasteiger partial charge on any atom is 0.245 e. The van der Waals surface area contributed by atoms with E-state index in [1.165, 1.54) is 13.8 Å². The van der Waals surface area contributed by atoms with Gasteiger partial charge in [0.25, 0.3) is 0 Å². The summed E-state index contributed by atoms with van der Waals surface area (Å²) < 4.78 is 0. The Bertz CT molecular complexity index is 1830. The highest BCUT2D eigenvalue weighted by Gasteiger charge is 2.36. The molecule has 0 aromatic carbocycles. The molecule has 0 aliphatic carbocycles. The molecular formula is C44H83ClN16O13. The van der Waals surface area contributed by atoms with Crippen LogP contribution in [0.1, 0.15) is 97.8 Å².